The van der Waals surface area contributed by atoms with Gasteiger partial charge in [-0.2, -0.15) is 9.61 Å². The highest BCUT2D eigenvalue weighted by molar-refractivity contribution is 5.78. The number of anilines is 2. The summed E-state index contributed by atoms with van der Waals surface area (Å²) in [5.41, 5.74) is 5.41. The topological polar surface area (TPSA) is 50.8 Å². The van der Waals surface area contributed by atoms with Gasteiger partial charge in [0.2, 0.25) is 0 Å². The minimum atomic E-state index is 0.919. The number of fused-ring (bicyclic) bond motifs is 1. The van der Waals surface area contributed by atoms with Crippen LogP contribution in [0.5, 0.6) is 0 Å². The Morgan fingerprint density at radius 1 is 0.897 bits per heavy atom. The molecule has 6 nitrogen and oxygen atoms in total. The molecule has 0 aliphatic carbocycles. The molecule has 1 fully saturated rings. The Morgan fingerprint density at radius 3 is 2.38 bits per heavy atom. The number of rotatable bonds is 3. The lowest BCUT2D eigenvalue weighted by atomic mass is 10.1. The number of nitrogens with zero attached hydrogens (tertiary/aromatic N) is 5. The van der Waals surface area contributed by atoms with Gasteiger partial charge in [0, 0.05) is 23.4 Å². The molecule has 1 aromatic carbocycles. The van der Waals surface area contributed by atoms with E-state index in [1.54, 1.807) is 0 Å². The van der Waals surface area contributed by atoms with Crippen LogP contribution in [0.2, 0.25) is 0 Å². The second-order valence-electron chi connectivity index (χ2n) is 7.64. The maximum absolute atomic E-state index is 4.81. The van der Waals surface area contributed by atoms with Crippen molar-refractivity contribution in [3.63, 3.8) is 0 Å². The van der Waals surface area contributed by atoms with Gasteiger partial charge in [-0.15, -0.1) is 0 Å². The first kappa shape index (κ1) is 17.7. The fourth-order valence-corrected chi connectivity index (χ4v) is 3.98. The van der Waals surface area contributed by atoms with Crippen molar-refractivity contribution >= 4 is 17.3 Å². The SMILES string of the molecule is Cc1ccc(-c2cnn3c(N4CCN(c5cccc[nH+]5)CC4)cc(C)nc23)cc1. The standard InChI is InChI=1S/C23H24N6/c1-17-6-8-19(9-7-17)20-16-25-29-22(15-18(2)26-23(20)29)28-13-11-27(12-14-28)21-5-3-4-10-24-21/h3-10,15-16H,11-14H2,1-2H3/p+1. The van der Waals surface area contributed by atoms with E-state index in [9.17, 15) is 0 Å². The third-order valence-corrected chi connectivity index (χ3v) is 5.58. The van der Waals surface area contributed by atoms with Crippen molar-refractivity contribution in [2.45, 2.75) is 13.8 Å². The minimum absolute atomic E-state index is 0.919. The number of aryl methyl sites for hydroxylation is 2. The van der Waals surface area contributed by atoms with Crippen LogP contribution < -0.4 is 14.8 Å². The van der Waals surface area contributed by atoms with Crippen LogP contribution in [0.4, 0.5) is 11.6 Å². The lowest BCUT2D eigenvalue weighted by molar-refractivity contribution is -0.364. The Bertz CT molecular complexity index is 1130. The fourth-order valence-electron chi connectivity index (χ4n) is 3.98. The molecule has 6 heteroatoms. The molecule has 0 unspecified atom stereocenters. The molecule has 1 N–H and O–H groups in total. The second-order valence-corrected chi connectivity index (χ2v) is 7.64. The van der Waals surface area contributed by atoms with Crippen molar-refractivity contribution in [2.24, 2.45) is 0 Å². The summed E-state index contributed by atoms with van der Waals surface area (Å²) in [7, 11) is 0. The lowest BCUT2D eigenvalue weighted by Gasteiger charge is -2.32. The predicted octanol–water partition coefficient (Wildman–Crippen LogP) is 3.15. The minimum Gasteiger partial charge on any atom is -0.349 e. The van der Waals surface area contributed by atoms with E-state index in [1.165, 1.54) is 11.4 Å². The number of piperazine rings is 1. The summed E-state index contributed by atoms with van der Waals surface area (Å²) in [5, 5.41) is 4.70. The number of nitrogens with one attached hydrogen (secondary N) is 1. The van der Waals surface area contributed by atoms with Gasteiger partial charge in [0.1, 0.15) is 18.9 Å². The van der Waals surface area contributed by atoms with E-state index < -0.39 is 0 Å². The van der Waals surface area contributed by atoms with Gasteiger partial charge in [-0.25, -0.2) is 9.97 Å². The molecule has 1 aliphatic rings. The van der Waals surface area contributed by atoms with E-state index in [0.29, 0.717) is 0 Å². The Balaban J connectivity index is 1.46. The highest BCUT2D eigenvalue weighted by Gasteiger charge is 2.25. The quantitative estimate of drug-likeness (QED) is 0.544. The molecule has 29 heavy (non-hydrogen) atoms. The molecule has 4 heterocycles. The van der Waals surface area contributed by atoms with Crippen LogP contribution in [0.25, 0.3) is 16.8 Å². The molecule has 0 spiro atoms. The number of hydrogen-bond acceptors (Lipinski definition) is 4. The van der Waals surface area contributed by atoms with Crippen LogP contribution in [-0.4, -0.2) is 40.8 Å². The van der Waals surface area contributed by atoms with Gasteiger partial charge in [0.05, 0.1) is 25.5 Å². The monoisotopic (exact) mass is 385 g/mol. The van der Waals surface area contributed by atoms with Gasteiger partial charge in [-0.1, -0.05) is 35.9 Å². The van der Waals surface area contributed by atoms with Crippen LogP contribution in [0.3, 0.4) is 0 Å². The number of H-pyrrole nitrogens is 1. The summed E-state index contributed by atoms with van der Waals surface area (Å²) in [5.74, 6) is 2.28. The van der Waals surface area contributed by atoms with Crippen molar-refractivity contribution < 1.29 is 4.98 Å². The largest absolute Gasteiger partial charge is 0.349 e. The van der Waals surface area contributed by atoms with Gasteiger partial charge in [0.25, 0.3) is 5.82 Å². The molecule has 0 saturated carbocycles. The highest BCUT2D eigenvalue weighted by Crippen LogP contribution is 2.28. The molecule has 1 saturated heterocycles. The molecular formula is C23H25N6+. The van der Waals surface area contributed by atoms with Crippen molar-refractivity contribution in [3.05, 3.63) is 72.2 Å². The van der Waals surface area contributed by atoms with Crippen LogP contribution in [-0.2, 0) is 0 Å². The average molecular weight is 385 g/mol. The molecule has 146 valence electrons. The fraction of sp³-hybridized carbons (Fsp3) is 0.261. The molecule has 5 rings (SSSR count). The zero-order valence-corrected chi connectivity index (χ0v) is 16.8. The van der Waals surface area contributed by atoms with Gasteiger partial charge in [-0.05, 0) is 25.5 Å². The molecule has 0 radical (unpaired) electrons. The summed E-state index contributed by atoms with van der Waals surface area (Å²) in [6, 6.07) is 16.9. The van der Waals surface area contributed by atoms with Gasteiger partial charge in [-0.3, -0.25) is 4.90 Å². The maximum atomic E-state index is 4.81. The summed E-state index contributed by atoms with van der Waals surface area (Å²) in [4.78, 5) is 12.9. The third-order valence-electron chi connectivity index (χ3n) is 5.58. The average Bonchev–Trinajstić information content (AvgIpc) is 3.18. The van der Waals surface area contributed by atoms with Crippen molar-refractivity contribution in [1.29, 1.82) is 0 Å². The number of pyridine rings is 1. The first-order chi connectivity index (χ1) is 14.2. The number of aromatic amines is 1. The number of aromatic nitrogens is 4. The summed E-state index contributed by atoms with van der Waals surface area (Å²) >= 11 is 0. The molecule has 1 aliphatic heterocycles. The van der Waals surface area contributed by atoms with E-state index in [0.717, 1.165) is 54.5 Å². The van der Waals surface area contributed by atoms with Gasteiger partial charge < -0.3 is 4.90 Å². The number of benzene rings is 1. The first-order valence-corrected chi connectivity index (χ1v) is 10.1. The van der Waals surface area contributed by atoms with E-state index in [4.69, 9.17) is 10.1 Å². The molecular weight excluding hydrogens is 360 g/mol. The van der Waals surface area contributed by atoms with E-state index in [-0.39, 0.29) is 0 Å². The normalized spacial score (nSPS) is 14.6. The van der Waals surface area contributed by atoms with E-state index >= 15 is 0 Å². The van der Waals surface area contributed by atoms with Crippen LogP contribution in [0.15, 0.2) is 60.9 Å². The summed E-state index contributed by atoms with van der Waals surface area (Å²) in [6.45, 7) is 7.99. The Labute approximate surface area is 170 Å². The molecule has 0 bridgehead atoms. The second kappa shape index (κ2) is 7.20. The van der Waals surface area contributed by atoms with Gasteiger partial charge >= 0.3 is 0 Å². The van der Waals surface area contributed by atoms with Crippen molar-refractivity contribution in [1.82, 2.24) is 14.6 Å². The van der Waals surface area contributed by atoms with E-state index in [2.05, 4.69) is 71.1 Å². The summed E-state index contributed by atoms with van der Waals surface area (Å²) in [6.07, 6.45) is 3.92. The highest BCUT2D eigenvalue weighted by atomic mass is 15.4. The Morgan fingerprint density at radius 2 is 1.66 bits per heavy atom. The Kier molecular flexibility index (Phi) is 4.39. The predicted molar refractivity (Wildman–Crippen MR) is 115 cm³/mol. The van der Waals surface area contributed by atoms with Gasteiger partial charge in [0.15, 0.2) is 5.65 Å². The van der Waals surface area contributed by atoms with Crippen LogP contribution in [0.1, 0.15) is 11.3 Å². The lowest BCUT2D eigenvalue weighted by Crippen LogP contribution is -2.48. The summed E-state index contributed by atoms with van der Waals surface area (Å²) < 4.78 is 1.99. The Hall–Kier alpha value is -3.41. The third kappa shape index (κ3) is 3.31. The smallest absolute Gasteiger partial charge is 0.274 e. The molecule has 0 atom stereocenters. The molecule has 3 aromatic heterocycles. The molecule has 4 aromatic rings. The first-order valence-electron chi connectivity index (χ1n) is 10.1. The van der Waals surface area contributed by atoms with Crippen LogP contribution >= 0.6 is 0 Å². The van der Waals surface area contributed by atoms with Crippen molar-refractivity contribution in [2.75, 3.05) is 36.0 Å². The van der Waals surface area contributed by atoms with Crippen molar-refractivity contribution in [3.8, 4) is 11.1 Å². The van der Waals surface area contributed by atoms with E-state index in [1.807, 2.05) is 23.0 Å². The molecule has 0 amide bonds. The zero-order valence-electron chi connectivity index (χ0n) is 16.8. The zero-order chi connectivity index (χ0) is 19.8. The maximum Gasteiger partial charge on any atom is 0.274 e. The van der Waals surface area contributed by atoms with Crippen LogP contribution in [0, 0.1) is 13.8 Å². The number of hydrogen-bond donors (Lipinski definition) is 0.